The standard InChI is InChI=1S/C15H21N5O2S/c1-10(21)18-4-6-19(7-5-18)14(22)9-20-11-2-3-13(20)15-12(8-11)16-17-23-15/h11,13H,2-9H2,1H3/t11-,13-/m0/s1. The summed E-state index contributed by atoms with van der Waals surface area (Å²) >= 11 is 1.48. The Hall–Kier alpha value is -1.54. The summed E-state index contributed by atoms with van der Waals surface area (Å²) in [6.07, 6.45) is 3.17. The van der Waals surface area contributed by atoms with E-state index in [0.717, 1.165) is 25.0 Å². The number of carbonyl (C=O) groups is 2. The molecule has 2 saturated heterocycles. The van der Waals surface area contributed by atoms with E-state index < -0.39 is 0 Å². The molecular weight excluding hydrogens is 314 g/mol. The molecule has 2 amide bonds. The van der Waals surface area contributed by atoms with Crippen molar-refractivity contribution in [2.75, 3.05) is 32.7 Å². The summed E-state index contributed by atoms with van der Waals surface area (Å²) in [6, 6.07) is 0.755. The molecule has 0 saturated carbocycles. The molecule has 23 heavy (non-hydrogen) atoms. The van der Waals surface area contributed by atoms with E-state index >= 15 is 0 Å². The normalized spacial score (nSPS) is 27.2. The van der Waals surface area contributed by atoms with E-state index in [0.29, 0.717) is 44.8 Å². The molecule has 2 atom stereocenters. The van der Waals surface area contributed by atoms with Crippen molar-refractivity contribution < 1.29 is 9.59 Å². The van der Waals surface area contributed by atoms with Crippen molar-refractivity contribution >= 4 is 23.3 Å². The minimum atomic E-state index is 0.0939. The van der Waals surface area contributed by atoms with Crippen molar-refractivity contribution in [3.63, 3.8) is 0 Å². The smallest absolute Gasteiger partial charge is 0.236 e. The van der Waals surface area contributed by atoms with Crippen LogP contribution >= 0.6 is 11.5 Å². The third-order valence-electron chi connectivity index (χ3n) is 5.35. The Morgan fingerprint density at radius 1 is 1.17 bits per heavy atom. The van der Waals surface area contributed by atoms with Gasteiger partial charge in [0.15, 0.2) is 0 Å². The summed E-state index contributed by atoms with van der Waals surface area (Å²) in [7, 11) is 0. The van der Waals surface area contributed by atoms with Crippen LogP contribution in [0.2, 0.25) is 0 Å². The lowest BCUT2D eigenvalue weighted by atomic mass is 10.1. The SMILES string of the molecule is CC(=O)N1CCN(C(=O)CN2[C@H]3CC[C@H]2c2snnc2C3)CC1. The van der Waals surface area contributed by atoms with E-state index in [1.165, 1.54) is 16.4 Å². The monoisotopic (exact) mass is 335 g/mol. The maximum absolute atomic E-state index is 12.7. The maximum atomic E-state index is 12.7. The first-order chi connectivity index (χ1) is 11.1. The number of hydrogen-bond donors (Lipinski definition) is 0. The number of carbonyl (C=O) groups excluding carboxylic acids is 2. The van der Waals surface area contributed by atoms with Gasteiger partial charge in [0.1, 0.15) is 0 Å². The van der Waals surface area contributed by atoms with Gasteiger partial charge in [0.25, 0.3) is 0 Å². The van der Waals surface area contributed by atoms with Crippen LogP contribution in [0.5, 0.6) is 0 Å². The van der Waals surface area contributed by atoms with Crippen LogP contribution in [-0.4, -0.2) is 74.9 Å². The number of amides is 2. The van der Waals surface area contributed by atoms with Crippen molar-refractivity contribution in [2.45, 2.75) is 38.3 Å². The van der Waals surface area contributed by atoms with Gasteiger partial charge >= 0.3 is 0 Å². The van der Waals surface area contributed by atoms with Crippen LogP contribution in [0, 0.1) is 0 Å². The van der Waals surface area contributed by atoms with Gasteiger partial charge in [0.05, 0.1) is 17.1 Å². The largest absolute Gasteiger partial charge is 0.339 e. The van der Waals surface area contributed by atoms with Gasteiger partial charge in [-0.05, 0) is 24.4 Å². The van der Waals surface area contributed by atoms with E-state index in [9.17, 15) is 9.59 Å². The predicted octanol–water partition coefficient (Wildman–Crippen LogP) is 0.290. The molecule has 0 aromatic carbocycles. The Bertz CT molecular complexity index is 625. The number of piperazine rings is 1. The Labute approximate surface area is 139 Å². The second-order valence-corrected chi connectivity index (χ2v) is 7.38. The Kier molecular flexibility index (Phi) is 3.81. The maximum Gasteiger partial charge on any atom is 0.236 e. The van der Waals surface area contributed by atoms with Gasteiger partial charge in [0.2, 0.25) is 11.8 Å². The third-order valence-corrected chi connectivity index (χ3v) is 6.22. The Morgan fingerprint density at radius 3 is 2.65 bits per heavy atom. The van der Waals surface area contributed by atoms with Gasteiger partial charge in [-0.1, -0.05) is 4.49 Å². The van der Waals surface area contributed by atoms with Crippen molar-refractivity contribution in [3.8, 4) is 0 Å². The predicted molar refractivity (Wildman–Crippen MR) is 84.9 cm³/mol. The van der Waals surface area contributed by atoms with E-state index in [4.69, 9.17) is 0 Å². The molecule has 4 rings (SSSR count). The molecule has 3 aliphatic rings. The second kappa shape index (κ2) is 5.83. The molecule has 2 bridgehead atoms. The Balaban J connectivity index is 1.40. The van der Waals surface area contributed by atoms with Crippen LogP contribution in [-0.2, 0) is 16.0 Å². The second-order valence-electron chi connectivity index (χ2n) is 6.59. The topological polar surface area (TPSA) is 69.6 Å². The molecule has 8 heteroatoms. The number of nitrogens with zero attached hydrogens (tertiary/aromatic N) is 5. The highest BCUT2D eigenvalue weighted by Crippen LogP contribution is 2.44. The first-order valence-electron chi connectivity index (χ1n) is 8.23. The molecule has 0 unspecified atom stereocenters. The molecule has 124 valence electrons. The fraction of sp³-hybridized carbons (Fsp3) is 0.733. The quantitative estimate of drug-likeness (QED) is 0.777. The van der Waals surface area contributed by atoms with E-state index in [2.05, 4.69) is 14.5 Å². The van der Waals surface area contributed by atoms with Crippen molar-refractivity contribution in [1.82, 2.24) is 24.3 Å². The van der Waals surface area contributed by atoms with Gasteiger partial charge in [0, 0.05) is 51.6 Å². The molecule has 1 aromatic heterocycles. The van der Waals surface area contributed by atoms with Crippen molar-refractivity contribution in [3.05, 3.63) is 10.6 Å². The molecule has 4 heterocycles. The molecule has 0 spiro atoms. The van der Waals surface area contributed by atoms with Crippen LogP contribution < -0.4 is 0 Å². The van der Waals surface area contributed by atoms with Crippen LogP contribution in [0.25, 0.3) is 0 Å². The van der Waals surface area contributed by atoms with Gasteiger partial charge in [-0.3, -0.25) is 14.5 Å². The lowest BCUT2D eigenvalue weighted by molar-refractivity contribution is -0.139. The van der Waals surface area contributed by atoms with Crippen molar-refractivity contribution in [2.24, 2.45) is 0 Å². The van der Waals surface area contributed by atoms with Crippen LogP contribution in [0.1, 0.15) is 36.4 Å². The summed E-state index contributed by atoms with van der Waals surface area (Å²) < 4.78 is 4.08. The lowest BCUT2D eigenvalue weighted by Gasteiger charge is -2.37. The molecule has 3 aliphatic heterocycles. The lowest BCUT2D eigenvalue weighted by Crippen LogP contribution is -2.53. The molecule has 7 nitrogen and oxygen atoms in total. The summed E-state index contributed by atoms with van der Waals surface area (Å²) in [5, 5.41) is 4.23. The number of rotatable bonds is 2. The van der Waals surface area contributed by atoms with E-state index in [1.807, 2.05) is 9.80 Å². The fourth-order valence-electron chi connectivity index (χ4n) is 4.04. The zero-order valence-electron chi connectivity index (χ0n) is 13.3. The first kappa shape index (κ1) is 15.0. The van der Waals surface area contributed by atoms with Gasteiger partial charge in [-0.25, -0.2) is 0 Å². The number of aromatic nitrogens is 2. The Morgan fingerprint density at radius 2 is 1.91 bits per heavy atom. The van der Waals surface area contributed by atoms with Crippen LogP contribution in [0.15, 0.2) is 0 Å². The van der Waals surface area contributed by atoms with Gasteiger partial charge in [-0.15, -0.1) is 5.10 Å². The average molecular weight is 335 g/mol. The van der Waals surface area contributed by atoms with Gasteiger partial charge in [-0.2, -0.15) is 0 Å². The highest BCUT2D eigenvalue weighted by atomic mass is 32.1. The molecular formula is C15H21N5O2S. The average Bonchev–Trinajstić information content (AvgIpc) is 3.12. The third kappa shape index (κ3) is 2.63. The minimum absolute atomic E-state index is 0.0939. The van der Waals surface area contributed by atoms with Crippen molar-refractivity contribution in [1.29, 1.82) is 0 Å². The summed E-state index contributed by atoms with van der Waals surface area (Å²) in [5.41, 5.74) is 1.14. The molecule has 2 fully saturated rings. The highest BCUT2D eigenvalue weighted by molar-refractivity contribution is 7.05. The van der Waals surface area contributed by atoms with Crippen LogP contribution in [0.3, 0.4) is 0 Å². The molecule has 1 aromatic rings. The highest BCUT2D eigenvalue weighted by Gasteiger charge is 2.43. The zero-order chi connectivity index (χ0) is 16.0. The summed E-state index contributed by atoms with van der Waals surface area (Å²) in [4.78, 5) is 31.4. The van der Waals surface area contributed by atoms with E-state index in [-0.39, 0.29) is 11.8 Å². The summed E-state index contributed by atoms with van der Waals surface area (Å²) in [5.74, 6) is 0.280. The fourth-order valence-corrected chi connectivity index (χ4v) is 4.87. The molecule has 0 aliphatic carbocycles. The van der Waals surface area contributed by atoms with Gasteiger partial charge < -0.3 is 9.80 Å². The summed E-state index contributed by atoms with van der Waals surface area (Å²) in [6.45, 7) is 4.66. The van der Waals surface area contributed by atoms with Crippen LogP contribution in [0.4, 0.5) is 0 Å². The first-order valence-corrected chi connectivity index (χ1v) is 9.01. The number of hydrogen-bond acceptors (Lipinski definition) is 6. The molecule has 0 radical (unpaired) electrons. The van der Waals surface area contributed by atoms with E-state index in [1.54, 1.807) is 6.92 Å². The minimum Gasteiger partial charge on any atom is -0.339 e. The number of fused-ring (bicyclic) bond motifs is 4. The molecule has 0 N–H and O–H groups in total. The zero-order valence-corrected chi connectivity index (χ0v) is 14.1.